The Labute approximate surface area is 65.4 Å². The number of hydrogen-bond acceptors (Lipinski definition) is 3. The highest BCUT2D eigenvalue weighted by molar-refractivity contribution is 5.56. The van der Waals surface area contributed by atoms with Gasteiger partial charge < -0.3 is 14.6 Å². The molecule has 64 valence electrons. The molecule has 0 fully saturated rings. The van der Waals surface area contributed by atoms with Crippen LogP contribution in [-0.2, 0) is 9.47 Å². The maximum Gasteiger partial charge on any atom is 0.506 e. The first-order valence-corrected chi connectivity index (χ1v) is 3.27. The molecule has 0 aromatic heterocycles. The molecule has 0 aliphatic carbocycles. The minimum absolute atomic E-state index is 0.110. The molecule has 0 aliphatic rings. The van der Waals surface area contributed by atoms with Crippen molar-refractivity contribution >= 4 is 6.16 Å². The first kappa shape index (κ1) is 9.97. The Morgan fingerprint density at radius 1 is 1.55 bits per heavy atom. The molecule has 1 N–H and O–H groups in total. The summed E-state index contributed by atoms with van der Waals surface area (Å²) in [7, 11) is 1.61. The standard InChI is InChI=1S/C7H12O4/c1-10-5-3-2-4-6-11-7(8)9/h2,4H,3,5-6H2,1H3,(H,8,9). The van der Waals surface area contributed by atoms with Gasteiger partial charge in [0.1, 0.15) is 6.61 Å². The van der Waals surface area contributed by atoms with Crippen molar-refractivity contribution in [2.75, 3.05) is 20.3 Å². The summed E-state index contributed by atoms with van der Waals surface area (Å²) in [6.45, 7) is 0.753. The van der Waals surface area contributed by atoms with Gasteiger partial charge in [-0.3, -0.25) is 0 Å². The fourth-order valence-corrected chi connectivity index (χ4v) is 0.491. The van der Waals surface area contributed by atoms with Crippen LogP contribution in [0.5, 0.6) is 0 Å². The number of methoxy groups -OCH3 is 1. The van der Waals surface area contributed by atoms with Gasteiger partial charge in [0.05, 0.1) is 0 Å². The first-order valence-electron chi connectivity index (χ1n) is 3.27. The predicted octanol–water partition coefficient (Wildman–Crippen LogP) is 1.27. The topological polar surface area (TPSA) is 55.8 Å². The normalized spacial score (nSPS) is 10.3. The SMILES string of the molecule is COCCC=CCOC(=O)O. The Morgan fingerprint density at radius 3 is 2.82 bits per heavy atom. The third-order valence-corrected chi connectivity index (χ3v) is 0.958. The zero-order valence-electron chi connectivity index (χ0n) is 6.45. The maximum atomic E-state index is 9.81. The van der Waals surface area contributed by atoms with Crippen molar-refractivity contribution in [1.29, 1.82) is 0 Å². The summed E-state index contributed by atoms with van der Waals surface area (Å²) in [4.78, 5) is 9.81. The molecule has 0 aromatic rings. The first-order chi connectivity index (χ1) is 5.27. The molecule has 0 bridgehead atoms. The smallest absolute Gasteiger partial charge is 0.450 e. The van der Waals surface area contributed by atoms with E-state index < -0.39 is 6.16 Å². The van der Waals surface area contributed by atoms with E-state index in [1.54, 1.807) is 13.2 Å². The van der Waals surface area contributed by atoms with Gasteiger partial charge in [-0.15, -0.1) is 0 Å². The van der Waals surface area contributed by atoms with E-state index in [1.165, 1.54) is 0 Å². The van der Waals surface area contributed by atoms with E-state index >= 15 is 0 Å². The molecule has 0 rings (SSSR count). The van der Waals surface area contributed by atoms with Crippen LogP contribution in [-0.4, -0.2) is 31.6 Å². The molecule has 4 nitrogen and oxygen atoms in total. The van der Waals surface area contributed by atoms with Gasteiger partial charge in [-0.1, -0.05) is 12.2 Å². The van der Waals surface area contributed by atoms with Gasteiger partial charge in [-0.05, 0) is 6.42 Å². The summed E-state index contributed by atoms with van der Waals surface area (Å²) in [5.41, 5.74) is 0. The highest BCUT2D eigenvalue weighted by atomic mass is 16.7. The molecular formula is C7H12O4. The van der Waals surface area contributed by atoms with Gasteiger partial charge in [0.2, 0.25) is 0 Å². The van der Waals surface area contributed by atoms with Crippen LogP contribution >= 0.6 is 0 Å². The average Bonchev–Trinajstić information content (AvgIpc) is 1.96. The van der Waals surface area contributed by atoms with Crippen LogP contribution in [0.3, 0.4) is 0 Å². The monoisotopic (exact) mass is 160 g/mol. The molecule has 0 amide bonds. The predicted molar refractivity (Wildman–Crippen MR) is 39.6 cm³/mol. The Hall–Kier alpha value is -1.03. The van der Waals surface area contributed by atoms with Gasteiger partial charge in [-0.25, -0.2) is 4.79 Å². The van der Waals surface area contributed by atoms with E-state index in [4.69, 9.17) is 9.84 Å². The summed E-state index contributed by atoms with van der Waals surface area (Å²) in [5.74, 6) is 0. The largest absolute Gasteiger partial charge is 0.506 e. The number of ether oxygens (including phenoxy) is 2. The zero-order chi connectivity index (χ0) is 8.53. The molecule has 0 atom stereocenters. The van der Waals surface area contributed by atoms with E-state index in [2.05, 4.69) is 4.74 Å². The van der Waals surface area contributed by atoms with Gasteiger partial charge >= 0.3 is 6.16 Å². The molecule has 0 saturated carbocycles. The Kier molecular flexibility index (Phi) is 6.42. The molecule has 11 heavy (non-hydrogen) atoms. The minimum Gasteiger partial charge on any atom is -0.450 e. The van der Waals surface area contributed by atoms with Crippen LogP contribution in [0.25, 0.3) is 0 Å². The van der Waals surface area contributed by atoms with E-state index in [-0.39, 0.29) is 6.61 Å². The van der Waals surface area contributed by atoms with E-state index in [9.17, 15) is 4.79 Å². The van der Waals surface area contributed by atoms with Crippen molar-refractivity contribution in [3.8, 4) is 0 Å². The Bertz CT molecular complexity index is 130. The van der Waals surface area contributed by atoms with Crippen molar-refractivity contribution < 1.29 is 19.4 Å². The minimum atomic E-state index is -1.25. The zero-order valence-corrected chi connectivity index (χ0v) is 6.45. The Morgan fingerprint density at radius 2 is 2.27 bits per heavy atom. The Balaban J connectivity index is 3.10. The van der Waals surface area contributed by atoms with Crippen LogP contribution in [0.2, 0.25) is 0 Å². The van der Waals surface area contributed by atoms with Crippen LogP contribution in [0, 0.1) is 0 Å². The lowest BCUT2D eigenvalue weighted by molar-refractivity contribution is 0.102. The lowest BCUT2D eigenvalue weighted by atomic mass is 10.4. The van der Waals surface area contributed by atoms with Gasteiger partial charge in [0.15, 0.2) is 0 Å². The van der Waals surface area contributed by atoms with Crippen LogP contribution in [0.15, 0.2) is 12.2 Å². The highest BCUT2D eigenvalue weighted by Crippen LogP contribution is 1.84. The lowest BCUT2D eigenvalue weighted by Crippen LogP contribution is -1.98. The van der Waals surface area contributed by atoms with E-state index in [0.29, 0.717) is 6.61 Å². The van der Waals surface area contributed by atoms with Crippen molar-refractivity contribution in [2.45, 2.75) is 6.42 Å². The molecule has 0 heterocycles. The van der Waals surface area contributed by atoms with E-state index in [1.807, 2.05) is 6.08 Å². The number of hydrogen-bond donors (Lipinski definition) is 1. The molecule has 0 radical (unpaired) electrons. The van der Waals surface area contributed by atoms with Crippen molar-refractivity contribution in [3.63, 3.8) is 0 Å². The van der Waals surface area contributed by atoms with Gasteiger partial charge in [0, 0.05) is 13.7 Å². The second kappa shape index (κ2) is 7.08. The lowest BCUT2D eigenvalue weighted by Gasteiger charge is -1.93. The molecule has 0 unspecified atom stereocenters. The second-order valence-corrected chi connectivity index (χ2v) is 1.83. The maximum absolute atomic E-state index is 9.81. The molecule has 0 aliphatic heterocycles. The second-order valence-electron chi connectivity index (χ2n) is 1.83. The van der Waals surface area contributed by atoms with Gasteiger partial charge in [0.25, 0.3) is 0 Å². The number of carboxylic acid groups (broad SMARTS) is 1. The summed E-state index contributed by atoms with van der Waals surface area (Å²) < 4.78 is 8.97. The molecule has 0 aromatic carbocycles. The third kappa shape index (κ3) is 8.97. The van der Waals surface area contributed by atoms with Crippen molar-refractivity contribution in [1.82, 2.24) is 0 Å². The summed E-state index contributed by atoms with van der Waals surface area (Å²) in [6, 6.07) is 0. The quantitative estimate of drug-likeness (QED) is 0.374. The summed E-state index contributed by atoms with van der Waals surface area (Å²) in [5, 5.41) is 8.04. The number of carbonyl (C=O) groups is 1. The third-order valence-electron chi connectivity index (χ3n) is 0.958. The highest BCUT2D eigenvalue weighted by Gasteiger charge is 1.89. The van der Waals surface area contributed by atoms with Crippen LogP contribution in [0.4, 0.5) is 4.79 Å². The van der Waals surface area contributed by atoms with Gasteiger partial charge in [-0.2, -0.15) is 0 Å². The molecule has 0 saturated heterocycles. The molecule has 0 spiro atoms. The fourth-order valence-electron chi connectivity index (χ4n) is 0.491. The summed E-state index contributed by atoms with van der Waals surface area (Å²) >= 11 is 0. The van der Waals surface area contributed by atoms with Crippen molar-refractivity contribution in [3.05, 3.63) is 12.2 Å². The average molecular weight is 160 g/mol. The van der Waals surface area contributed by atoms with E-state index in [0.717, 1.165) is 6.42 Å². The van der Waals surface area contributed by atoms with Crippen LogP contribution < -0.4 is 0 Å². The van der Waals surface area contributed by atoms with Crippen LogP contribution in [0.1, 0.15) is 6.42 Å². The molecular weight excluding hydrogens is 148 g/mol. The molecule has 4 heteroatoms. The number of rotatable bonds is 5. The van der Waals surface area contributed by atoms with Crippen molar-refractivity contribution in [2.24, 2.45) is 0 Å². The fraction of sp³-hybridized carbons (Fsp3) is 0.571. The summed E-state index contributed by atoms with van der Waals surface area (Å²) in [6.07, 6.45) is 2.99.